The predicted molar refractivity (Wildman–Crippen MR) is 115 cm³/mol. The fourth-order valence-corrected chi connectivity index (χ4v) is 4.58. The molecule has 0 atom stereocenters. The van der Waals surface area contributed by atoms with E-state index in [4.69, 9.17) is 11.6 Å². The zero-order valence-corrected chi connectivity index (χ0v) is 17.3. The second kappa shape index (κ2) is 9.14. The van der Waals surface area contributed by atoms with Crippen molar-refractivity contribution in [3.05, 3.63) is 64.9 Å². The molecule has 0 aromatic heterocycles. The summed E-state index contributed by atoms with van der Waals surface area (Å²) in [5.41, 5.74) is 1.85. The molecule has 0 aliphatic carbocycles. The lowest BCUT2D eigenvalue weighted by Gasteiger charge is -2.39. The van der Waals surface area contributed by atoms with E-state index in [0.717, 1.165) is 37.5 Å². The minimum Gasteiger partial charge on any atom is -0.366 e. The summed E-state index contributed by atoms with van der Waals surface area (Å²) in [6.45, 7) is 5.42. The minimum atomic E-state index is -0.195. The Balaban J connectivity index is 1.25. The molecular formula is C23H27ClFN3O. The van der Waals surface area contributed by atoms with Crippen molar-refractivity contribution in [1.29, 1.82) is 0 Å². The lowest BCUT2D eigenvalue weighted by atomic mass is 9.94. The Bertz CT molecular complexity index is 846. The van der Waals surface area contributed by atoms with Crippen molar-refractivity contribution in [2.45, 2.75) is 19.4 Å². The smallest absolute Gasteiger partial charge is 0.225 e. The Hall–Kier alpha value is -2.11. The Morgan fingerprint density at radius 2 is 1.69 bits per heavy atom. The van der Waals surface area contributed by atoms with Gasteiger partial charge in [-0.05, 0) is 55.8 Å². The highest BCUT2D eigenvalue weighted by Gasteiger charge is 2.30. The topological polar surface area (TPSA) is 26.8 Å². The van der Waals surface area contributed by atoms with Crippen LogP contribution in [0.2, 0.25) is 5.02 Å². The maximum absolute atomic E-state index is 14.0. The lowest BCUT2D eigenvalue weighted by molar-refractivity contribution is -0.137. The highest BCUT2D eigenvalue weighted by molar-refractivity contribution is 6.30. The third-order valence-corrected chi connectivity index (χ3v) is 6.25. The van der Waals surface area contributed by atoms with E-state index in [1.54, 1.807) is 6.07 Å². The van der Waals surface area contributed by atoms with Crippen molar-refractivity contribution in [2.75, 3.05) is 44.2 Å². The van der Waals surface area contributed by atoms with Crippen LogP contribution in [-0.4, -0.2) is 55.0 Å². The van der Waals surface area contributed by atoms with Crippen molar-refractivity contribution in [1.82, 2.24) is 9.80 Å². The number of piperazine rings is 1. The molecule has 6 heteroatoms. The van der Waals surface area contributed by atoms with E-state index in [1.807, 2.05) is 40.1 Å². The number of likely N-dealkylation sites (tertiary alicyclic amines) is 1. The summed E-state index contributed by atoms with van der Waals surface area (Å²) in [6.07, 6.45) is 1.79. The van der Waals surface area contributed by atoms with Gasteiger partial charge in [-0.1, -0.05) is 35.9 Å². The summed E-state index contributed by atoms with van der Waals surface area (Å²) >= 11 is 6.08. The zero-order valence-electron chi connectivity index (χ0n) is 16.6. The second-order valence-corrected chi connectivity index (χ2v) is 8.38. The average molecular weight is 416 g/mol. The Morgan fingerprint density at radius 3 is 2.38 bits per heavy atom. The molecule has 1 amide bonds. The lowest BCUT2D eigenvalue weighted by Crippen LogP contribution is -2.51. The number of rotatable bonds is 4. The molecule has 2 heterocycles. The molecule has 0 radical (unpaired) electrons. The molecule has 29 heavy (non-hydrogen) atoms. The van der Waals surface area contributed by atoms with Crippen LogP contribution in [0.1, 0.15) is 18.4 Å². The first-order valence-electron chi connectivity index (χ1n) is 10.4. The maximum Gasteiger partial charge on any atom is 0.225 e. The Morgan fingerprint density at radius 1 is 0.966 bits per heavy atom. The van der Waals surface area contributed by atoms with E-state index < -0.39 is 0 Å². The van der Waals surface area contributed by atoms with E-state index >= 15 is 0 Å². The summed E-state index contributed by atoms with van der Waals surface area (Å²) in [4.78, 5) is 19.4. The van der Waals surface area contributed by atoms with Crippen molar-refractivity contribution in [3.63, 3.8) is 0 Å². The van der Waals surface area contributed by atoms with E-state index in [2.05, 4.69) is 11.0 Å². The number of benzene rings is 2. The van der Waals surface area contributed by atoms with Gasteiger partial charge in [-0.25, -0.2) is 4.39 Å². The Kier molecular flexibility index (Phi) is 6.36. The maximum atomic E-state index is 14.0. The molecule has 0 bridgehead atoms. The van der Waals surface area contributed by atoms with Gasteiger partial charge < -0.3 is 9.80 Å². The molecule has 0 spiro atoms. The number of piperidine rings is 1. The van der Waals surface area contributed by atoms with Crippen molar-refractivity contribution >= 4 is 23.2 Å². The molecular weight excluding hydrogens is 389 g/mol. The van der Waals surface area contributed by atoms with Gasteiger partial charge >= 0.3 is 0 Å². The number of carbonyl (C=O) groups excluding carboxylic acids is 1. The standard InChI is InChI=1S/C23H27ClFN3O/c24-20-5-3-4-18(16-20)17-26-10-8-19(9-11-26)23(29)28-14-12-27(13-15-28)22-7-2-1-6-21(22)25/h1-7,16,19H,8-15,17H2. The summed E-state index contributed by atoms with van der Waals surface area (Å²) in [5, 5.41) is 0.766. The van der Waals surface area contributed by atoms with Gasteiger partial charge in [-0.2, -0.15) is 0 Å². The van der Waals surface area contributed by atoms with Crippen LogP contribution in [0.4, 0.5) is 10.1 Å². The average Bonchev–Trinajstić information content (AvgIpc) is 2.74. The van der Waals surface area contributed by atoms with Crippen LogP contribution in [0.25, 0.3) is 0 Å². The van der Waals surface area contributed by atoms with Crippen molar-refractivity contribution in [3.8, 4) is 0 Å². The normalized spacial score (nSPS) is 18.8. The molecule has 2 aromatic carbocycles. The third-order valence-electron chi connectivity index (χ3n) is 6.02. The number of para-hydroxylation sites is 1. The number of hydrogen-bond donors (Lipinski definition) is 0. The number of carbonyl (C=O) groups is 1. The second-order valence-electron chi connectivity index (χ2n) is 7.94. The first kappa shape index (κ1) is 20.2. The first-order chi connectivity index (χ1) is 14.1. The minimum absolute atomic E-state index is 0.102. The van der Waals surface area contributed by atoms with E-state index in [9.17, 15) is 9.18 Å². The third kappa shape index (κ3) is 4.90. The first-order valence-corrected chi connectivity index (χ1v) is 10.7. The number of amides is 1. The van der Waals surface area contributed by atoms with Crippen LogP contribution < -0.4 is 4.90 Å². The van der Waals surface area contributed by atoms with Gasteiger partial charge in [-0.15, -0.1) is 0 Å². The summed E-state index contributed by atoms with van der Waals surface area (Å²) < 4.78 is 14.0. The Labute approximate surface area is 176 Å². The van der Waals surface area contributed by atoms with Crippen LogP contribution in [0.15, 0.2) is 48.5 Å². The highest BCUT2D eigenvalue weighted by atomic mass is 35.5. The molecule has 4 rings (SSSR count). The predicted octanol–water partition coefficient (Wildman–Crippen LogP) is 4.04. The van der Waals surface area contributed by atoms with Gasteiger partial charge in [0.25, 0.3) is 0 Å². The summed E-state index contributed by atoms with van der Waals surface area (Å²) in [7, 11) is 0. The quantitative estimate of drug-likeness (QED) is 0.754. The zero-order chi connectivity index (χ0) is 20.2. The largest absolute Gasteiger partial charge is 0.366 e. The molecule has 0 unspecified atom stereocenters. The number of nitrogens with zero attached hydrogens (tertiary/aromatic N) is 3. The molecule has 2 aliphatic rings. The molecule has 2 fully saturated rings. The van der Waals surface area contributed by atoms with Crippen LogP contribution in [-0.2, 0) is 11.3 Å². The molecule has 0 N–H and O–H groups in total. The van der Waals surface area contributed by atoms with Gasteiger partial charge in [0.05, 0.1) is 5.69 Å². The monoisotopic (exact) mass is 415 g/mol. The van der Waals surface area contributed by atoms with Gasteiger partial charge in [0.15, 0.2) is 0 Å². The van der Waals surface area contributed by atoms with Crippen LogP contribution in [0.3, 0.4) is 0 Å². The number of halogens is 2. The fourth-order valence-electron chi connectivity index (χ4n) is 4.37. The van der Waals surface area contributed by atoms with Gasteiger partial charge in [0, 0.05) is 43.7 Å². The number of anilines is 1. The SMILES string of the molecule is O=C(C1CCN(Cc2cccc(Cl)c2)CC1)N1CCN(c2ccccc2F)CC1. The molecule has 2 aromatic rings. The van der Waals surface area contributed by atoms with Crippen molar-refractivity contribution in [2.24, 2.45) is 5.92 Å². The van der Waals surface area contributed by atoms with Gasteiger partial charge in [-0.3, -0.25) is 9.69 Å². The molecule has 2 aliphatic heterocycles. The van der Waals surface area contributed by atoms with Crippen LogP contribution >= 0.6 is 11.6 Å². The van der Waals surface area contributed by atoms with E-state index in [1.165, 1.54) is 11.6 Å². The van der Waals surface area contributed by atoms with Gasteiger partial charge in [0.2, 0.25) is 5.91 Å². The number of hydrogen-bond acceptors (Lipinski definition) is 3. The fraction of sp³-hybridized carbons (Fsp3) is 0.435. The van der Waals surface area contributed by atoms with Gasteiger partial charge in [0.1, 0.15) is 5.82 Å². The summed E-state index contributed by atoms with van der Waals surface area (Å²) in [6, 6.07) is 14.8. The van der Waals surface area contributed by atoms with Crippen molar-refractivity contribution < 1.29 is 9.18 Å². The van der Waals surface area contributed by atoms with Crippen LogP contribution in [0, 0.1) is 11.7 Å². The molecule has 2 saturated heterocycles. The van der Waals surface area contributed by atoms with E-state index in [-0.39, 0.29) is 17.6 Å². The molecule has 0 saturated carbocycles. The molecule has 154 valence electrons. The van der Waals surface area contributed by atoms with Crippen LogP contribution in [0.5, 0.6) is 0 Å². The molecule has 4 nitrogen and oxygen atoms in total. The highest BCUT2D eigenvalue weighted by Crippen LogP contribution is 2.24. The van der Waals surface area contributed by atoms with E-state index in [0.29, 0.717) is 31.9 Å². The summed E-state index contributed by atoms with van der Waals surface area (Å²) in [5.74, 6) is 0.172.